The van der Waals surface area contributed by atoms with Gasteiger partial charge in [-0.1, -0.05) is 25.4 Å². The highest BCUT2D eigenvalue weighted by molar-refractivity contribution is 7.89. The maximum atomic E-state index is 12.6. The largest absolute Gasteiger partial charge is 0.301 e. The van der Waals surface area contributed by atoms with Crippen molar-refractivity contribution in [2.24, 2.45) is 0 Å². The normalized spacial score (nSPS) is 18.3. The molecular formula is C14H22ClN3O2S. The van der Waals surface area contributed by atoms with Gasteiger partial charge < -0.3 is 4.90 Å². The number of aromatic nitrogens is 1. The predicted octanol–water partition coefficient (Wildman–Crippen LogP) is 2.23. The molecule has 0 aliphatic carbocycles. The zero-order chi connectivity index (χ0) is 15.5. The zero-order valence-corrected chi connectivity index (χ0v) is 14.1. The lowest BCUT2D eigenvalue weighted by Crippen LogP contribution is -2.46. The molecule has 1 aromatic heterocycles. The van der Waals surface area contributed by atoms with Gasteiger partial charge in [-0.15, -0.1) is 0 Å². The molecule has 2 heterocycles. The Kier molecular flexibility index (Phi) is 5.60. The molecule has 0 N–H and O–H groups in total. The second-order valence-electron chi connectivity index (χ2n) is 5.15. The summed E-state index contributed by atoms with van der Waals surface area (Å²) >= 11 is 5.93. The first-order chi connectivity index (χ1) is 10.0. The molecule has 0 spiro atoms. The van der Waals surface area contributed by atoms with Crippen LogP contribution in [0.4, 0.5) is 0 Å². The third-order valence-electron chi connectivity index (χ3n) is 4.09. The van der Waals surface area contributed by atoms with E-state index in [2.05, 4.69) is 23.7 Å². The molecule has 21 heavy (non-hydrogen) atoms. The third kappa shape index (κ3) is 3.56. The number of hydrogen-bond acceptors (Lipinski definition) is 4. The average Bonchev–Trinajstić information content (AvgIpc) is 2.49. The molecule has 0 amide bonds. The Morgan fingerprint density at radius 3 is 2.48 bits per heavy atom. The molecule has 5 nitrogen and oxygen atoms in total. The van der Waals surface area contributed by atoms with Crippen LogP contribution in [-0.4, -0.2) is 54.8 Å². The van der Waals surface area contributed by atoms with Crippen molar-refractivity contribution in [3.63, 3.8) is 0 Å². The first-order valence-corrected chi connectivity index (χ1v) is 9.17. The number of sulfonamides is 1. The van der Waals surface area contributed by atoms with Crippen molar-refractivity contribution in [3.8, 4) is 0 Å². The van der Waals surface area contributed by atoms with Crippen LogP contribution in [-0.2, 0) is 10.0 Å². The van der Waals surface area contributed by atoms with Gasteiger partial charge in [0.1, 0.15) is 10.0 Å². The number of piperidine rings is 1. The fourth-order valence-electron chi connectivity index (χ4n) is 2.89. The molecular weight excluding hydrogens is 310 g/mol. The Labute approximate surface area is 132 Å². The van der Waals surface area contributed by atoms with Gasteiger partial charge in [0.25, 0.3) is 0 Å². The van der Waals surface area contributed by atoms with E-state index in [0.717, 1.165) is 25.9 Å². The van der Waals surface area contributed by atoms with Gasteiger partial charge in [0.05, 0.1) is 0 Å². The Morgan fingerprint density at radius 2 is 1.95 bits per heavy atom. The number of rotatable bonds is 5. The van der Waals surface area contributed by atoms with Crippen molar-refractivity contribution < 1.29 is 8.42 Å². The number of halogens is 1. The Bertz CT molecular complexity index is 567. The Balaban J connectivity index is 2.10. The van der Waals surface area contributed by atoms with Gasteiger partial charge in [-0.2, -0.15) is 4.31 Å². The van der Waals surface area contributed by atoms with Crippen LogP contribution in [0.2, 0.25) is 5.15 Å². The minimum absolute atomic E-state index is 0.0448. The van der Waals surface area contributed by atoms with Crippen molar-refractivity contribution in [1.29, 1.82) is 0 Å². The molecule has 0 aromatic carbocycles. The highest BCUT2D eigenvalue weighted by Crippen LogP contribution is 2.26. The molecule has 1 aliphatic heterocycles. The Morgan fingerprint density at radius 1 is 1.33 bits per heavy atom. The summed E-state index contributed by atoms with van der Waals surface area (Å²) in [4.78, 5) is 6.36. The lowest BCUT2D eigenvalue weighted by Gasteiger charge is -2.37. The lowest BCUT2D eigenvalue weighted by atomic mass is 10.1. The summed E-state index contributed by atoms with van der Waals surface area (Å²) in [5, 5.41) is 0.0448. The van der Waals surface area contributed by atoms with Crippen molar-refractivity contribution in [3.05, 3.63) is 23.5 Å². The smallest absolute Gasteiger partial charge is 0.246 e. The summed E-state index contributed by atoms with van der Waals surface area (Å²) in [7, 11) is -3.53. The summed E-state index contributed by atoms with van der Waals surface area (Å²) in [6.45, 7) is 7.36. The van der Waals surface area contributed by atoms with E-state index in [0.29, 0.717) is 19.1 Å². The van der Waals surface area contributed by atoms with Crippen molar-refractivity contribution in [2.75, 3.05) is 26.2 Å². The van der Waals surface area contributed by atoms with Crippen LogP contribution in [0, 0.1) is 0 Å². The predicted molar refractivity (Wildman–Crippen MR) is 83.9 cm³/mol. The van der Waals surface area contributed by atoms with E-state index >= 15 is 0 Å². The zero-order valence-electron chi connectivity index (χ0n) is 12.5. The molecule has 7 heteroatoms. The second-order valence-corrected chi connectivity index (χ2v) is 7.41. The molecule has 118 valence electrons. The van der Waals surface area contributed by atoms with Crippen LogP contribution in [0.5, 0.6) is 0 Å². The van der Waals surface area contributed by atoms with Gasteiger partial charge in [-0.3, -0.25) is 0 Å². The van der Waals surface area contributed by atoms with E-state index in [9.17, 15) is 8.42 Å². The van der Waals surface area contributed by atoms with Crippen LogP contribution >= 0.6 is 11.6 Å². The molecule has 2 rings (SSSR count). The van der Waals surface area contributed by atoms with Gasteiger partial charge in [-0.25, -0.2) is 13.4 Å². The third-order valence-corrected chi connectivity index (χ3v) is 6.44. The Hall–Kier alpha value is -0.690. The lowest BCUT2D eigenvalue weighted by molar-refractivity contribution is 0.152. The summed E-state index contributed by atoms with van der Waals surface area (Å²) in [6.07, 6.45) is 3.21. The molecule has 0 atom stereocenters. The highest BCUT2D eigenvalue weighted by Gasteiger charge is 2.32. The van der Waals surface area contributed by atoms with Crippen molar-refractivity contribution in [2.45, 2.75) is 37.6 Å². The van der Waals surface area contributed by atoms with E-state index in [1.54, 1.807) is 6.07 Å². The van der Waals surface area contributed by atoms with E-state index in [4.69, 9.17) is 11.6 Å². The quantitative estimate of drug-likeness (QED) is 0.776. The SMILES string of the molecule is CCN(CC)C1CCN(S(=O)(=O)c2cccnc2Cl)CC1. The van der Waals surface area contributed by atoms with Crippen LogP contribution in [0.3, 0.4) is 0 Å². The van der Waals surface area contributed by atoms with Crippen molar-refractivity contribution >= 4 is 21.6 Å². The minimum Gasteiger partial charge on any atom is -0.301 e. The fraction of sp³-hybridized carbons (Fsp3) is 0.643. The maximum absolute atomic E-state index is 12.6. The molecule has 1 aliphatic rings. The molecule has 0 bridgehead atoms. The van der Waals surface area contributed by atoms with Crippen molar-refractivity contribution in [1.82, 2.24) is 14.2 Å². The standard InChI is InChI=1S/C14H22ClN3O2S/c1-3-17(4-2)12-7-10-18(11-8-12)21(19,20)13-6-5-9-16-14(13)15/h5-6,9,12H,3-4,7-8,10-11H2,1-2H3. The number of pyridine rings is 1. The van der Waals surface area contributed by atoms with E-state index in [1.165, 1.54) is 16.6 Å². The van der Waals surface area contributed by atoms with Crippen LogP contribution in [0.15, 0.2) is 23.2 Å². The highest BCUT2D eigenvalue weighted by atomic mass is 35.5. The first kappa shape index (κ1) is 16.7. The van der Waals surface area contributed by atoms with E-state index in [-0.39, 0.29) is 10.0 Å². The second kappa shape index (κ2) is 7.05. The van der Waals surface area contributed by atoms with Crippen LogP contribution in [0.25, 0.3) is 0 Å². The summed E-state index contributed by atoms with van der Waals surface area (Å²) in [5.74, 6) is 0. The first-order valence-electron chi connectivity index (χ1n) is 7.35. The van der Waals surface area contributed by atoms with Crippen LogP contribution < -0.4 is 0 Å². The maximum Gasteiger partial charge on any atom is 0.246 e. The number of nitrogens with zero attached hydrogens (tertiary/aromatic N) is 3. The van der Waals surface area contributed by atoms with Crippen LogP contribution in [0.1, 0.15) is 26.7 Å². The molecule has 1 aromatic rings. The molecule has 1 saturated heterocycles. The topological polar surface area (TPSA) is 53.5 Å². The monoisotopic (exact) mass is 331 g/mol. The number of hydrogen-bond donors (Lipinski definition) is 0. The molecule has 0 unspecified atom stereocenters. The summed E-state index contributed by atoms with van der Waals surface area (Å²) in [6, 6.07) is 3.58. The molecule has 0 saturated carbocycles. The van der Waals surface area contributed by atoms with E-state index in [1.807, 2.05) is 0 Å². The molecule has 1 fully saturated rings. The van der Waals surface area contributed by atoms with Gasteiger partial charge in [0.2, 0.25) is 10.0 Å². The van der Waals surface area contributed by atoms with E-state index < -0.39 is 10.0 Å². The minimum atomic E-state index is -3.53. The average molecular weight is 332 g/mol. The van der Waals surface area contributed by atoms with Gasteiger partial charge in [0, 0.05) is 25.3 Å². The summed E-state index contributed by atoms with van der Waals surface area (Å²) in [5.41, 5.74) is 0. The van der Waals surface area contributed by atoms with Gasteiger partial charge >= 0.3 is 0 Å². The summed E-state index contributed by atoms with van der Waals surface area (Å²) < 4.78 is 26.7. The van der Waals surface area contributed by atoms with Gasteiger partial charge in [0.15, 0.2) is 0 Å². The van der Waals surface area contributed by atoms with Gasteiger partial charge in [-0.05, 0) is 38.1 Å². The fourth-order valence-corrected chi connectivity index (χ4v) is 4.79. The molecule has 0 radical (unpaired) electrons.